The molecule has 6 heteroatoms. The van der Waals surface area contributed by atoms with Gasteiger partial charge in [0, 0.05) is 19.5 Å². The fourth-order valence-corrected chi connectivity index (χ4v) is 3.20. The minimum Gasteiger partial charge on any atom is -0.342 e. The Bertz CT molecular complexity index is 545. The molecule has 3 nitrogen and oxygen atoms in total. The monoisotopic (exact) mass is 328 g/mol. The molecule has 0 spiro atoms. The van der Waals surface area contributed by atoms with Gasteiger partial charge in [-0.1, -0.05) is 25.1 Å². The van der Waals surface area contributed by atoms with Crippen LogP contribution >= 0.6 is 0 Å². The van der Waals surface area contributed by atoms with E-state index in [1.165, 1.54) is 12.1 Å². The molecule has 2 atom stereocenters. The van der Waals surface area contributed by atoms with Crippen LogP contribution in [0.4, 0.5) is 13.2 Å². The Kier molecular flexibility index (Phi) is 5.68. The highest BCUT2D eigenvalue weighted by Crippen LogP contribution is 2.36. The standard InChI is InChI=1S/C17H23F3N2O/c1-12(14-5-3-4-6-15(14)17(18,19)20)9-16(23)22-8-7-13(11-22)10-21-2/h3-6,12-13,21H,7-11H2,1-2H3/t12-,13+/m1/s1. The van der Waals surface area contributed by atoms with Gasteiger partial charge in [0.2, 0.25) is 5.91 Å². The third kappa shape index (κ3) is 4.47. The van der Waals surface area contributed by atoms with Gasteiger partial charge in [0.05, 0.1) is 5.56 Å². The van der Waals surface area contributed by atoms with Gasteiger partial charge < -0.3 is 10.2 Å². The zero-order chi connectivity index (χ0) is 17.0. The number of carbonyl (C=O) groups is 1. The maximum atomic E-state index is 13.1. The molecule has 1 saturated heterocycles. The van der Waals surface area contributed by atoms with E-state index in [1.807, 2.05) is 7.05 Å². The average molecular weight is 328 g/mol. The summed E-state index contributed by atoms with van der Waals surface area (Å²) in [6.45, 7) is 3.92. The number of amides is 1. The van der Waals surface area contributed by atoms with E-state index in [0.717, 1.165) is 19.0 Å². The molecule has 1 fully saturated rings. The van der Waals surface area contributed by atoms with E-state index in [0.29, 0.717) is 19.0 Å². The first kappa shape index (κ1) is 17.8. The Morgan fingerprint density at radius 3 is 2.74 bits per heavy atom. The van der Waals surface area contributed by atoms with E-state index in [-0.39, 0.29) is 17.9 Å². The van der Waals surface area contributed by atoms with Crippen LogP contribution in [0.3, 0.4) is 0 Å². The lowest BCUT2D eigenvalue weighted by Gasteiger charge is -2.21. The largest absolute Gasteiger partial charge is 0.416 e. The molecule has 0 unspecified atom stereocenters. The van der Waals surface area contributed by atoms with Crippen molar-refractivity contribution in [3.8, 4) is 0 Å². The predicted octanol–water partition coefficient (Wildman–Crippen LogP) is 3.27. The molecule has 1 heterocycles. The highest BCUT2D eigenvalue weighted by molar-refractivity contribution is 5.77. The van der Waals surface area contributed by atoms with E-state index in [1.54, 1.807) is 17.9 Å². The number of carbonyl (C=O) groups excluding carboxylic acids is 1. The zero-order valence-electron chi connectivity index (χ0n) is 13.5. The molecular weight excluding hydrogens is 305 g/mol. The summed E-state index contributed by atoms with van der Waals surface area (Å²) in [5.41, 5.74) is -0.450. The quantitative estimate of drug-likeness (QED) is 0.900. The summed E-state index contributed by atoms with van der Waals surface area (Å²) in [6, 6.07) is 5.51. The maximum absolute atomic E-state index is 13.1. The molecule has 0 aromatic heterocycles. The number of alkyl halides is 3. The molecular formula is C17H23F3N2O. The summed E-state index contributed by atoms with van der Waals surface area (Å²) in [5, 5.41) is 3.10. The Balaban J connectivity index is 2.03. The molecule has 1 aromatic carbocycles. The molecule has 0 bridgehead atoms. The maximum Gasteiger partial charge on any atom is 0.416 e. The summed E-state index contributed by atoms with van der Waals surface area (Å²) in [5.74, 6) is -0.0847. The van der Waals surface area contributed by atoms with Gasteiger partial charge in [-0.25, -0.2) is 0 Å². The summed E-state index contributed by atoms with van der Waals surface area (Å²) >= 11 is 0. The van der Waals surface area contributed by atoms with Crippen molar-refractivity contribution in [2.45, 2.75) is 31.9 Å². The van der Waals surface area contributed by atoms with Crippen LogP contribution in [0.1, 0.15) is 36.8 Å². The molecule has 0 radical (unpaired) electrons. The Morgan fingerprint density at radius 2 is 2.09 bits per heavy atom. The van der Waals surface area contributed by atoms with Crippen molar-refractivity contribution in [3.05, 3.63) is 35.4 Å². The van der Waals surface area contributed by atoms with Crippen molar-refractivity contribution in [3.63, 3.8) is 0 Å². The van der Waals surface area contributed by atoms with Gasteiger partial charge in [-0.3, -0.25) is 4.79 Å². The number of rotatable bonds is 5. The minimum atomic E-state index is -4.39. The number of benzene rings is 1. The molecule has 0 aliphatic carbocycles. The highest BCUT2D eigenvalue weighted by atomic mass is 19.4. The van der Waals surface area contributed by atoms with Crippen molar-refractivity contribution in [1.82, 2.24) is 10.2 Å². The topological polar surface area (TPSA) is 32.3 Å². The van der Waals surface area contributed by atoms with Crippen molar-refractivity contribution in [2.24, 2.45) is 5.92 Å². The summed E-state index contributed by atoms with van der Waals surface area (Å²) in [4.78, 5) is 14.1. The van der Waals surface area contributed by atoms with Gasteiger partial charge in [-0.05, 0) is 43.5 Å². The number of nitrogens with one attached hydrogen (secondary N) is 1. The van der Waals surface area contributed by atoms with Crippen LogP contribution in [-0.4, -0.2) is 37.5 Å². The van der Waals surface area contributed by atoms with Gasteiger partial charge >= 0.3 is 6.18 Å². The van der Waals surface area contributed by atoms with Gasteiger partial charge in [-0.2, -0.15) is 13.2 Å². The molecule has 1 N–H and O–H groups in total. The van der Waals surface area contributed by atoms with Crippen LogP contribution < -0.4 is 5.32 Å². The Hall–Kier alpha value is -1.56. The van der Waals surface area contributed by atoms with Crippen LogP contribution in [0, 0.1) is 5.92 Å². The summed E-state index contributed by atoms with van der Waals surface area (Å²) in [6.07, 6.45) is -3.33. The molecule has 2 rings (SSSR count). The number of hydrogen-bond donors (Lipinski definition) is 1. The number of likely N-dealkylation sites (tertiary alicyclic amines) is 1. The normalized spacial score (nSPS) is 19.9. The number of halogens is 3. The second-order valence-corrected chi connectivity index (χ2v) is 6.24. The molecule has 1 aliphatic heterocycles. The van der Waals surface area contributed by atoms with Crippen LogP contribution in [0.2, 0.25) is 0 Å². The fourth-order valence-electron chi connectivity index (χ4n) is 3.20. The van der Waals surface area contributed by atoms with Crippen molar-refractivity contribution in [1.29, 1.82) is 0 Å². The van der Waals surface area contributed by atoms with E-state index >= 15 is 0 Å². The summed E-state index contributed by atoms with van der Waals surface area (Å²) < 4.78 is 39.2. The molecule has 0 saturated carbocycles. The molecule has 1 aliphatic rings. The first-order valence-electron chi connectivity index (χ1n) is 7.91. The lowest BCUT2D eigenvalue weighted by atomic mass is 9.92. The Morgan fingerprint density at radius 1 is 1.39 bits per heavy atom. The smallest absolute Gasteiger partial charge is 0.342 e. The van der Waals surface area contributed by atoms with Gasteiger partial charge in [0.1, 0.15) is 0 Å². The summed E-state index contributed by atoms with van der Waals surface area (Å²) in [7, 11) is 1.88. The van der Waals surface area contributed by atoms with Crippen LogP contribution in [0.25, 0.3) is 0 Å². The molecule has 1 aromatic rings. The van der Waals surface area contributed by atoms with Crippen molar-refractivity contribution >= 4 is 5.91 Å². The fraction of sp³-hybridized carbons (Fsp3) is 0.588. The number of nitrogens with zero attached hydrogens (tertiary/aromatic N) is 1. The van der Waals surface area contributed by atoms with E-state index < -0.39 is 17.7 Å². The van der Waals surface area contributed by atoms with Crippen molar-refractivity contribution in [2.75, 3.05) is 26.7 Å². The minimum absolute atomic E-state index is 0.0620. The lowest BCUT2D eigenvalue weighted by Crippen LogP contribution is -2.31. The second kappa shape index (κ2) is 7.34. The molecule has 1 amide bonds. The van der Waals surface area contributed by atoms with E-state index in [9.17, 15) is 18.0 Å². The van der Waals surface area contributed by atoms with Crippen LogP contribution in [0.5, 0.6) is 0 Å². The first-order chi connectivity index (χ1) is 10.8. The van der Waals surface area contributed by atoms with Crippen molar-refractivity contribution < 1.29 is 18.0 Å². The van der Waals surface area contributed by atoms with Crippen LogP contribution in [-0.2, 0) is 11.0 Å². The highest BCUT2D eigenvalue weighted by Gasteiger charge is 2.35. The van der Waals surface area contributed by atoms with Gasteiger partial charge in [0.15, 0.2) is 0 Å². The average Bonchev–Trinajstić information content (AvgIpc) is 2.95. The first-order valence-corrected chi connectivity index (χ1v) is 7.91. The van der Waals surface area contributed by atoms with E-state index in [2.05, 4.69) is 5.32 Å². The van der Waals surface area contributed by atoms with Crippen LogP contribution in [0.15, 0.2) is 24.3 Å². The van der Waals surface area contributed by atoms with Gasteiger partial charge in [0.25, 0.3) is 0 Å². The Labute approximate surface area is 134 Å². The molecule has 23 heavy (non-hydrogen) atoms. The third-order valence-corrected chi connectivity index (χ3v) is 4.41. The predicted molar refractivity (Wildman–Crippen MR) is 83.1 cm³/mol. The SMILES string of the molecule is CNC[C@@H]1CCN(C(=O)C[C@@H](C)c2ccccc2C(F)(F)F)C1. The van der Waals surface area contributed by atoms with Gasteiger partial charge in [-0.15, -0.1) is 0 Å². The number of hydrogen-bond acceptors (Lipinski definition) is 2. The lowest BCUT2D eigenvalue weighted by molar-refractivity contribution is -0.139. The third-order valence-electron chi connectivity index (χ3n) is 4.41. The van der Waals surface area contributed by atoms with E-state index in [4.69, 9.17) is 0 Å². The molecule has 128 valence electrons. The second-order valence-electron chi connectivity index (χ2n) is 6.24. The zero-order valence-corrected chi connectivity index (χ0v) is 13.5.